The van der Waals surface area contributed by atoms with Gasteiger partial charge in [-0.25, -0.2) is 9.78 Å². The first-order valence-electron chi connectivity index (χ1n) is 6.77. The predicted molar refractivity (Wildman–Crippen MR) is 77.7 cm³/mol. The van der Waals surface area contributed by atoms with Crippen LogP contribution in [0, 0.1) is 13.8 Å². The summed E-state index contributed by atoms with van der Waals surface area (Å²) in [5.74, 6) is 0. The first-order valence-corrected chi connectivity index (χ1v) is 6.77. The predicted octanol–water partition coefficient (Wildman–Crippen LogP) is 2.47. The van der Waals surface area contributed by atoms with Gasteiger partial charge in [0, 0.05) is 24.5 Å². The number of anilines is 1. The van der Waals surface area contributed by atoms with Gasteiger partial charge < -0.3 is 9.88 Å². The van der Waals surface area contributed by atoms with Crippen LogP contribution in [0.3, 0.4) is 0 Å². The van der Waals surface area contributed by atoms with Gasteiger partial charge >= 0.3 is 6.03 Å². The monoisotopic (exact) mass is 270 g/mol. The number of benzene rings is 1. The molecule has 2 aromatic rings. The van der Waals surface area contributed by atoms with E-state index in [0.717, 1.165) is 35.7 Å². The molecule has 1 N–H and O–H groups in total. The lowest BCUT2D eigenvalue weighted by Gasteiger charge is -2.18. The number of hydrogen-bond acceptors (Lipinski definition) is 2. The first kappa shape index (κ1) is 12.7. The molecule has 1 aliphatic heterocycles. The van der Waals surface area contributed by atoms with E-state index in [2.05, 4.69) is 9.97 Å². The van der Waals surface area contributed by atoms with E-state index in [4.69, 9.17) is 0 Å². The summed E-state index contributed by atoms with van der Waals surface area (Å²) in [6, 6.07) is 8.10. The van der Waals surface area contributed by atoms with Gasteiger partial charge in [0.1, 0.15) is 0 Å². The van der Waals surface area contributed by atoms with Crippen LogP contribution in [0.5, 0.6) is 0 Å². The molecule has 5 heteroatoms. The second-order valence-electron chi connectivity index (χ2n) is 5.17. The van der Waals surface area contributed by atoms with Gasteiger partial charge in [0.05, 0.1) is 18.6 Å². The average molecular weight is 270 g/mol. The Bertz CT molecular complexity index is 634. The van der Waals surface area contributed by atoms with Gasteiger partial charge in [-0.2, -0.15) is 0 Å². The Balaban J connectivity index is 1.76. The maximum Gasteiger partial charge on any atom is 0.324 e. The fraction of sp³-hybridized carbons (Fsp3) is 0.333. The largest absolute Gasteiger partial charge is 0.348 e. The maximum atomic E-state index is 12.5. The lowest BCUT2D eigenvalue weighted by Crippen LogP contribution is -2.31. The van der Waals surface area contributed by atoms with Gasteiger partial charge in [-0.1, -0.05) is 12.1 Å². The number of hydrogen-bond donors (Lipinski definition) is 1. The molecule has 1 aromatic carbocycles. The molecule has 1 aromatic heterocycles. The normalized spacial score (nSPS) is 15.2. The highest BCUT2D eigenvalue weighted by atomic mass is 16.2. The van der Waals surface area contributed by atoms with Gasteiger partial charge in [-0.15, -0.1) is 0 Å². The molecule has 2 heterocycles. The van der Waals surface area contributed by atoms with Crippen LogP contribution in [0.4, 0.5) is 10.5 Å². The molecular formula is C15H18N4O. The molecule has 0 aliphatic carbocycles. The molecule has 104 valence electrons. The Labute approximate surface area is 118 Å². The summed E-state index contributed by atoms with van der Waals surface area (Å²) in [5.41, 5.74) is 4.09. The number of aromatic amines is 1. The molecular weight excluding hydrogens is 252 g/mol. The highest BCUT2D eigenvalue weighted by Gasteiger charge is 2.30. The van der Waals surface area contributed by atoms with E-state index in [1.54, 1.807) is 6.33 Å². The van der Waals surface area contributed by atoms with Crippen molar-refractivity contribution in [3.05, 3.63) is 47.5 Å². The topological polar surface area (TPSA) is 52.2 Å². The van der Waals surface area contributed by atoms with Crippen LogP contribution >= 0.6 is 0 Å². The Hall–Kier alpha value is -2.30. The van der Waals surface area contributed by atoms with Crippen LogP contribution in [-0.4, -0.2) is 34.0 Å². The van der Waals surface area contributed by atoms with Crippen molar-refractivity contribution in [2.45, 2.75) is 20.4 Å². The number of H-pyrrole nitrogens is 1. The van der Waals surface area contributed by atoms with Crippen LogP contribution in [0.15, 0.2) is 30.6 Å². The summed E-state index contributed by atoms with van der Waals surface area (Å²) >= 11 is 0. The van der Waals surface area contributed by atoms with Gasteiger partial charge in [-0.3, -0.25) is 4.90 Å². The van der Waals surface area contributed by atoms with E-state index in [1.165, 1.54) is 0 Å². The number of carbonyl (C=O) groups is 1. The quantitative estimate of drug-likeness (QED) is 0.931. The molecule has 1 fully saturated rings. The van der Waals surface area contributed by atoms with Crippen molar-refractivity contribution in [2.75, 3.05) is 18.0 Å². The first-order chi connectivity index (χ1) is 9.65. The van der Waals surface area contributed by atoms with Crippen molar-refractivity contribution in [1.82, 2.24) is 14.9 Å². The average Bonchev–Trinajstić information content (AvgIpc) is 2.98. The summed E-state index contributed by atoms with van der Waals surface area (Å²) in [7, 11) is 0. The SMILES string of the molecule is Cc1cccc(N2CCN(Cc3nc[nH]c3C)C2=O)c1. The minimum Gasteiger partial charge on any atom is -0.348 e. The minimum absolute atomic E-state index is 0.0537. The van der Waals surface area contributed by atoms with Crippen LogP contribution in [0.2, 0.25) is 0 Å². The number of amides is 2. The van der Waals surface area contributed by atoms with E-state index in [9.17, 15) is 4.79 Å². The molecule has 20 heavy (non-hydrogen) atoms. The molecule has 1 saturated heterocycles. The molecule has 0 atom stereocenters. The Kier molecular flexibility index (Phi) is 3.18. The number of nitrogens with one attached hydrogen (secondary N) is 1. The maximum absolute atomic E-state index is 12.5. The zero-order chi connectivity index (χ0) is 14.1. The summed E-state index contributed by atoms with van der Waals surface area (Å²) in [4.78, 5) is 23.4. The number of carbonyl (C=O) groups excluding carboxylic acids is 1. The van der Waals surface area contributed by atoms with Gasteiger partial charge in [0.25, 0.3) is 0 Å². The standard InChI is InChI=1S/C15H18N4O/c1-11-4-3-5-13(8-11)19-7-6-18(15(19)20)9-14-12(2)16-10-17-14/h3-5,8,10H,6-7,9H2,1-2H3,(H,16,17). The van der Waals surface area contributed by atoms with Gasteiger partial charge in [0.2, 0.25) is 0 Å². The van der Waals surface area contributed by atoms with Crippen LogP contribution in [-0.2, 0) is 6.54 Å². The fourth-order valence-corrected chi connectivity index (χ4v) is 2.49. The van der Waals surface area contributed by atoms with Gasteiger partial charge in [-0.05, 0) is 31.5 Å². The number of urea groups is 1. The minimum atomic E-state index is 0.0537. The summed E-state index contributed by atoms with van der Waals surface area (Å²) in [6.07, 6.45) is 1.67. The Morgan fingerprint density at radius 2 is 2.15 bits per heavy atom. The van der Waals surface area contributed by atoms with Crippen LogP contribution in [0.25, 0.3) is 0 Å². The lowest BCUT2D eigenvalue weighted by molar-refractivity contribution is 0.218. The van der Waals surface area contributed by atoms with E-state index >= 15 is 0 Å². The van der Waals surface area contributed by atoms with E-state index < -0.39 is 0 Å². The van der Waals surface area contributed by atoms with Crippen LogP contribution < -0.4 is 4.90 Å². The van der Waals surface area contributed by atoms with Crippen molar-refractivity contribution in [2.24, 2.45) is 0 Å². The second kappa shape index (κ2) is 5.00. The van der Waals surface area contributed by atoms with Crippen molar-refractivity contribution in [3.8, 4) is 0 Å². The number of rotatable bonds is 3. The van der Waals surface area contributed by atoms with Crippen molar-refractivity contribution in [1.29, 1.82) is 0 Å². The lowest BCUT2D eigenvalue weighted by atomic mass is 10.2. The smallest absolute Gasteiger partial charge is 0.324 e. The van der Waals surface area contributed by atoms with E-state index in [0.29, 0.717) is 6.54 Å². The molecule has 5 nitrogen and oxygen atoms in total. The number of aromatic nitrogens is 2. The third-order valence-electron chi connectivity index (χ3n) is 3.68. The number of aryl methyl sites for hydroxylation is 2. The van der Waals surface area contributed by atoms with E-state index in [1.807, 2.05) is 47.9 Å². The van der Waals surface area contributed by atoms with Crippen molar-refractivity contribution < 1.29 is 4.79 Å². The molecule has 2 amide bonds. The Morgan fingerprint density at radius 3 is 2.85 bits per heavy atom. The number of imidazole rings is 1. The summed E-state index contributed by atoms with van der Waals surface area (Å²) < 4.78 is 0. The Morgan fingerprint density at radius 1 is 1.30 bits per heavy atom. The highest BCUT2D eigenvalue weighted by molar-refractivity contribution is 5.94. The highest BCUT2D eigenvalue weighted by Crippen LogP contribution is 2.22. The van der Waals surface area contributed by atoms with Crippen LogP contribution in [0.1, 0.15) is 17.0 Å². The zero-order valence-corrected chi connectivity index (χ0v) is 11.8. The zero-order valence-electron chi connectivity index (χ0n) is 11.8. The second-order valence-corrected chi connectivity index (χ2v) is 5.17. The molecule has 0 radical (unpaired) electrons. The molecule has 0 saturated carbocycles. The third-order valence-corrected chi connectivity index (χ3v) is 3.68. The molecule has 0 bridgehead atoms. The molecule has 0 spiro atoms. The van der Waals surface area contributed by atoms with Crippen molar-refractivity contribution in [3.63, 3.8) is 0 Å². The molecule has 0 unspecified atom stereocenters. The third kappa shape index (κ3) is 2.27. The number of nitrogens with zero attached hydrogens (tertiary/aromatic N) is 3. The molecule has 3 rings (SSSR count). The van der Waals surface area contributed by atoms with Crippen molar-refractivity contribution >= 4 is 11.7 Å². The molecule has 1 aliphatic rings. The van der Waals surface area contributed by atoms with Gasteiger partial charge in [0.15, 0.2) is 0 Å². The fourth-order valence-electron chi connectivity index (χ4n) is 2.49. The van der Waals surface area contributed by atoms with E-state index in [-0.39, 0.29) is 6.03 Å². The summed E-state index contributed by atoms with van der Waals surface area (Å²) in [5, 5.41) is 0. The summed E-state index contributed by atoms with van der Waals surface area (Å²) in [6.45, 7) is 6.04.